The van der Waals surface area contributed by atoms with Crippen LogP contribution in [0.15, 0.2) is 30.3 Å². The minimum atomic E-state index is -0.470. The van der Waals surface area contributed by atoms with Crippen LogP contribution in [0.4, 0.5) is 0 Å². The first-order valence-corrected chi connectivity index (χ1v) is 18.9. The molecule has 0 bridgehead atoms. The highest BCUT2D eigenvalue weighted by atomic mass is 16.5. The maximum Gasteiger partial charge on any atom is 0.244 e. The molecule has 4 N–H and O–H groups in total. The highest BCUT2D eigenvalue weighted by Gasteiger charge is 2.33. The highest BCUT2D eigenvalue weighted by molar-refractivity contribution is 5.90. The fourth-order valence-corrected chi connectivity index (χ4v) is 6.32. The average molecular weight is 720 g/mol. The number of methoxy groups -OCH3 is 1. The molecule has 1 aliphatic heterocycles. The van der Waals surface area contributed by atoms with Gasteiger partial charge in [-0.05, 0) is 69.4 Å². The van der Waals surface area contributed by atoms with Crippen LogP contribution in [0.2, 0.25) is 0 Å². The third-order valence-electron chi connectivity index (χ3n) is 9.57. The van der Waals surface area contributed by atoms with Gasteiger partial charge in [-0.25, -0.2) is 0 Å². The number of ether oxygens (including phenoxy) is 1. The lowest BCUT2D eigenvalue weighted by molar-refractivity contribution is -0.136. The van der Waals surface area contributed by atoms with Crippen molar-refractivity contribution in [2.45, 2.75) is 131 Å². The van der Waals surface area contributed by atoms with E-state index in [2.05, 4.69) is 41.9 Å². The molecule has 1 saturated heterocycles. The summed E-state index contributed by atoms with van der Waals surface area (Å²) in [7, 11) is 7.84. The average Bonchev–Trinajstić information content (AvgIpc) is 3.56. The molecule has 4 amide bonds. The van der Waals surface area contributed by atoms with Crippen molar-refractivity contribution in [2.75, 3.05) is 41.9 Å². The van der Waals surface area contributed by atoms with E-state index in [1.54, 1.807) is 28.3 Å². The second-order valence-electron chi connectivity index (χ2n) is 14.9. The number of amides is 4. The Labute approximate surface area is 310 Å². The first-order valence-electron chi connectivity index (χ1n) is 18.9. The van der Waals surface area contributed by atoms with Gasteiger partial charge in [0.15, 0.2) is 0 Å². The Morgan fingerprint density at radius 1 is 0.922 bits per heavy atom. The number of nitrogens with one attached hydrogen (secondary N) is 3. The number of aliphatic hydroxyl groups is 1. The molecule has 11 nitrogen and oxygen atoms in total. The van der Waals surface area contributed by atoms with E-state index in [-0.39, 0.29) is 65.6 Å². The molecule has 0 aromatic heterocycles. The number of carbonyl (C=O) groups is 4. The van der Waals surface area contributed by atoms with Crippen LogP contribution < -0.4 is 16.0 Å². The van der Waals surface area contributed by atoms with Gasteiger partial charge in [0.05, 0.1) is 18.6 Å². The largest absolute Gasteiger partial charge is 0.400 e. The Bertz CT molecular complexity index is 1130. The van der Waals surface area contributed by atoms with Gasteiger partial charge in [-0.3, -0.25) is 19.2 Å². The second-order valence-corrected chi connectivity index (χ2v) is 14.9. The van der Waals surface area contributed by atoms with Gasteiger partial charge in [0.2, 0.25) is 23.6 Å². The normalized spacial score (nSPS) is 17.5. The molecule has 7 atom stereocenters. The van der Waals surface area contributed by atoms with Gasteiger partial charge < -0.3 is 35.6 Å². The number of likely N-dealkylation sites (N-methyl/N-ethyl adjacent to an activating group) is 2. The predicted octanol–water partition coefficient (Wildman–Crippen LogP) is 4.66. The smallest absolute Gasteiger partial charge is 0.244 e. The van der Waals surface area contributed by atoms with Crippen molar-refractivity contribution < 1.29 is 29.0 Å². The van der Waals surface area contributed by atoms with E-state index in [0.29, 0.717) is 12.3 Å². The molecule has 0 radical (unpaired) electrons. The molecule has 294 valence electrons. The minimum absolute atomic E-state index is 0.0248. The first kappa shape index (κ1) is 48.0. The van der Waals surface area contributed by atoms with Crippen molar-refractivity contribution in [3.05, 3.63) is 35.9 Å². The first-order chi connectivity index (χ1) is 24.1. The lowest BCUT2D eigenvalue weighted by atomic mass is 9.97. The number of carbonyl (C=O) groups excluding carboxylic acids is 4. The summed E-state index contributed by atoms with van der Waals surface area (Å²) in [5.74, 6) is 0.727. The predicted molar refractivity (Wildman–Crippen MR) is 207 cm³/mol. The third-order valence-corrected chi connectivity index (χ3v) is 9.57. The van der Waals surface area contributed by atoms with E-state index < -0.39 is 6.04 Å². The summed E-state index contributed by atoms with van der Waals surface area (Å²) in [6, 6.07) is 9.71. The van der Waals surface area contributed by atoms with Gasteiger partial charge in [0.1, 0.15) is 6.04 Å². The molecule has 2 rings (SSSR count). The summed E-state index contributed by atoms with van der Waals surface area (Å²) in [5.41, 5.74) is 1.22. The van der Waals surface area contributed by atoms with Crippen molar-refractivity contribution in [1.82, 2.24) is 25.8 Å². The van der Waals surface area contributed by atoms with Gasteiger partial charge in [-0.1, -0.05) is 85.2 Å². The van der Waals surface area contributed by atoms with Crippen molar-refractivity contribution in [3.8, 4) is 0 Å². The Hall–Kier alpha value is -3.02. The van der Waals surface area contributed by atoms with Crippen LogP contribution >= 0.6 is 0 Å². The van der Waals surface area contributed by atoms with E-state index in [1.807, 2.05) is 64.6 Å². The molecular formula is C40H73N5O6. The lowest BCUT2D eigenvalue weighted by Crippen LogP contribution is -2.55. The number of nitrogens with zero attached hydrogens (tertiary/aromatic N) is 2. The van der Waals surface area contributed by atoms with Crippen molar-refractivity contribution in [1.29, 1.82) is 0 Å². The summed E-state index contributed by atoms with van der Waals surface area (Å²) in [6.45, 7) is 17.0. The summed E-state index contributed by atoms with van der Waals surface area (Å²) < 4.78 is 5.59. The van der Waals surface area contributed by atoms with Crippen LogP contribution in [0.1, 0.15) is 99.5 Å². The van der Waals surface area contributed by atoms with Crippen LogP contribution in [-0.2, 0) is 30.3 Å². The molecule has 1 heterocycles. The maximum atomic E-state index is 13.0. The molecule has 11 heteroatoms. The number of rotatable bonds is 18. The monoisotopic (exact) mass is 720 g/mol. The molecule has 1 aliphatic rings. The zero-order valence-electron chi connectivity index (χ0n) is 34.1. The molecule has 1 fully saturated rings. The zero-order chi connectivity index (χ0) is 39.3. The Kier molecular flexibility index (Phi) is 24.3. The van der Waals surface area contributed by atoms with Gasteiger partial charge in [-0.15, -0.1) is 0 Å². The van der Waals surface area contributed by atoms with E-state index in [1.165, 1.54) is 10.5 Å². The zero-order valence-corrected chi connectivity index (χ0v) is 34.1. The molecule has 0 aliphatic carbocycles. The topological polar surface area (TPSA) is 140 Å². The van der Waals surface area contributed by atoms with Crippen molar-refractivity contribution in [2.24, 2.45) is 23.7 Å². The van der Waals surface area contributed by atoms with Gasteiger partial charge >= 0.3 is 0 Å². The number of hydrogen-bond donors (Lipinski definition) is 4. The molecule has 1 aromatic rings. The fourth-order valence-electron chi connectivity index (χ4n) is 6.32. The highest BCUT2D eigenvalue weighted by Crippen LogP contribution is 2.26. The van der Waals surface area contributed by atoms with Crippen LogP contribution in [-0.4, -0.2) is 111 Å². The van der Waals surface area contributed by atoms with Crippen molar-refractivity contribution >= 4 is 23.6 Å². The van der Waals surface area contributed by atoms with Crippen LogP contribution in [0.5, 0.6) is 0 Å². The lowest BCUT2D eigenvalue weighted by Gasteiger charge is -2.29. The maximum absolute atomic E-state index is 13.0. The summed E-state index contributed by atoms with van der Waals surface area (Å²) >= 11 is 0. The quantitative estimate of drug-likeness (QED) is 0.173. The van der Waals surface area contributed by atoms with Gasteiger partial charge in [-0.2, -0.15) is 0 Å². The Balaban J connectivity index is 0.00000107. The Morgan fingerprint density at radius 2 is 1.51 bits per heavy atom. The van der Waals surface area contributed by atoms with Gasteiger partial charge in [0.25, 0.3) is 0 Å². The second kappa shape index (κ2) is 25.9. The molecule has 1 unspecified atom stereocenters. The van der Waals surface area contributed by atoms with Gasteiger partial charge in [0, 0.05) is 52.9 Å². The Morgan fingerprint density at radius 3 is 2.00 bits per heavy atom. The number of aliphatic hydroxyl groups excluding tert-OH is 1. The summed E-state index contributed by atoms with van der Waals surface area (Å²) in [5, 5.41) is 16.0. The molecule has 1 aromatic carbocycles. The number of benzene rings is 1. The van der Waals surface area contributed by atoms with E-state index in [0.717, 1.165) is 52.2 Å². The SMILES string of the molecule is CC[C@H](C)C[C@@H](CC(=O)N1CCC[C@H]1C[C@@H](C)C(=O)N[C@H](C)Cc1ccccc1)OC.CN[C@H](C(=O)NC(C(=O)N(C)C)C(C)C)C(C)C.CO. The summed E-state index contributed by atoms with van der Waals surface area (Å²) in [4.78, 5) is 53.3. The molecule has 0 saturated carbocycles. The van der Waals surface area contributed by atoms with Crippen LogP contribution in [0.3, 0.4) is 0 Å². The number of likely N-dealkylation sites (tertiary alicyclic amines) is 1. The fraction of sp³-hybridized carbons (Fsp3) is 0.750. The van der Waals surface area contributed by atoms with E-state index in [4.69, 9.17) is 9.84 Å². The standard InChI is InChI=1S/C26H42N2O3.C13H27N3O2.CH4O/c1-6-19(2)15-24(31-5)18-25(29)28-14-10-13-23(28)16-20(3)26(30)27-21(4)17-22-11-8-7-9-12-22;1-8(2)10(14-5)12(17)15-11(9(3)4)13(18)16(6)7;1-2/h7-9,11-12,19-21,23-24H,6,10,13-18H2,1-5H3,(H,27,30);8-11,14H,1-7H3,(H,15,17);2H,1H3/t19-,20+,21+,23-,24-;10-,11?;/m00./s1. The molecule has 0 spiro atoms. The molecule has 51 heavy (non-hydrogen) atoms. The minimum Gasteiger partial charge on any atom is -0.400 e. The van der Waals surface area contributed by atoms with E-state index >= 15 is 0 Å². The van der Waals surface area contributed by atoms with Crippen molar-refractivity contribution in [3.63, 3.8) is 0 Å². The van der Waals surface area contributed by atoms with E-state index in [9.17, 15) is 19.2 Å². The summed E-state index contributed by atoms with van der Waals surface area (Å²) in [6.07, 6.45) is 5.95. The molecular weight excluding hydrogens is 646 g/mol. The number of hydrogen-bond acceptors (Lipinski definition) is 7. The van der Waals surface area contributed by atoms with Crippen LogP contribution in [0.25, 0.3) is 0 Å². The third kappa shape index (κ3) is 17.8. The van der Waals surface area contributed by atoms with Crippen LogP contribution in [0, 0.1) is 23.7 Å².